The molecule has 1 aromatic rings. The van der Waals surface area contributed by atoms with Gasteiger partial charge in [-0.05, 0) is 18.6 Å². The molecule has 2 fully saturated rings. The first-order valence-corrected chi connectivity index (χ1v) is 9.96. The van der Waals surface area contributed by atoms with E-state index in [-0.39, 0.29) is 24.1 Å². The highest BCUT2D eigenvalue weighted by Crippen LogP contribution is 2.28. The first-order chi connectivity index (χ1) is 14.2. The van der Waals surface area contributed by atoms with Crippen LogP contribution in [0.25, 0.3) is 0 Å². The van der Waals surface area contributed by atoms with Crippen molar-refractivity contribution in [1.29, 1.82) is 0 Å². The van der Waals surface area contributed by atoms with Crippen LogP contribution in [0.5, 0.6) is 5.75 Å². The van der Waals surface area contributed by atoms with E-state index in [0.29, 0.717) is 32.7 Å². The molecular weight excluding hydrogens is 403 g/mol. The number of para-hydroxylation sites is 1. The van der Waals surface area contributed by atoms with Crippen LogP contribution in [0, 0.1) is 0 Å². The van der Waals surface area contributed by atoms with Gasteiger partial charge in [-0.25, -0.2) is 0 Å². The van der Waals surface area contributed by atoms with E-state index in [0.717, 1.165) is 25.7 Å². The lowest BCUT2D eigenvalue weighted by Crippen LogP contribution is -2.47. The molecule has 0 bridgehead atoms. The molecule has 0 aliphatic carbocycles. The van der Waals surface area contributed by atoms with Crippen LogP contribution >= 0.6 is 0 Å². The highest BCUT2D eigenvalue weighted by Gasteiger charge is 2.36. The molecule has 1 aromatic carbocycles. The molecule has 0 saturated carbocycles. The van der Waals surface area contributed by atoms with E-state index in [1.165, 1.54) is 30.0 Å². The van der Waals surface area contributed by atoms with E-state index in [1.807, 2.05) is 0 Å². The lowest BCUT2D eigenvalue weighted by atomic mass is 10.1. The van der Waals surface area contributed by atoms with Gasteiger partial charge in [0.15, 0.2) is 0 Å². The summed E-state index contributed by atoms with van der Waals surface area (Å²) in [6.07, 6.45) is -4.30. The van der Waals surface area contributed by atoms with Crippen molar-refractivity contribution >= 4 is 11.8 Å². The van der Waals surface area contributed by atoms with Gasteiger partial charge in [-0.2, -0.15) is 0 Å². The number of likely N-dealkylation sites (tertiary alicyclic amines) is 1. The van der Waals surface area contributed by atoms with Gasteiger partial charge >= 0.3 is 6.36 Å². The topological polar surface area (TPSA) is 62.3 Å². The summed E-state index contributed by atoms with van der Waals surface area (Å²) in [5.41, 5.74) is -0.141. The molecule has 30 heavy (non-hydrogen) atoms. The quantitative estimate of drug-likeness (QED) is 0.692. The van der Waals surface area contributed by atoms with Gasteiger partial charge in [0.2, 0.25) is 5.91 Å². The maximum absolute atomic E-state index is 12.8. The summed E-state index contributed by atoms with van der Waals surface area (Å²) in [7, 11) is 0. The van der Waals surface area contributed by atoms with E-state index in [1.54, 1.807) is 4.90 Å². The predicted octanol–water partition coefficient (Wildman–Crippen LogP) is 1.98. The smallest absolute Gasteiger partial charge is 0.405 e. The summed E-state index contributed by atoms with van der Waals surface area (Å²) < 4.78 is 47.3. The van der Waals surface area contributed by atoms with Crippen LogP contribution in [0.15, 0.2) is 24.3 Å². The minimum absolute atomic E-state index is 0.0802. The molecule has 166 valence electrons. The minimum atomic E-state index is -4.88. The zero-order valence-corrected chi connectivity index (χ0v) is 16.9. The molecule has 2 amide bonds. The van der Waals surface area contributed by atoms with Gasteiger partial charge in [-0.3, -0.25) is 14.5 Å². The summed E-state index contributed by atoms with van der Waals surface area (Å²) in [6, 6.07) is 5.15. The lowest BCUT2D eigenvalue weighted by molar-refractivity contribution is -0.274. The number of hydrogen-bond acceptors (Lipinski definition) is 5. The number of amides is 2. The molecule has 2 aliphatic rings. The number of halogens is 3. The molecule has 1 unspecified atom stereocenters. The van der Waals surface area contributed by atoms with Gasteiger partial charge in [-0.15, -0.1) is 13.2 Å². The molecule has 2 saturated heterocycles. The Hall–Kier alpha value is -2.33. The number of hydrogen-bond donors (Lipinski definition) is 0. The first kappa shape index (κ1) is 22.4. The van der Waals surface area contributed by atoms with E-state index >= 15 is 0 Å². The summed E-state index contributed by atoms with van der Waals surface area (Å²) in [6.45, 7) is 6.37. The molecule has 0 radical (unpaired) electrons. The van der Waals surface area contributed by atoms with Crippen molar-refractivity contribution < 1.29 is 32.2 Å². The SMILES string of the molecule is CC(=O)N(CCN1CCOCC1)C1CCN(C(=O)c2ccccc2OC(F)(F)F)C1. The van der Waals surface area contributed by atoms with Gasteiger partial charge in [0.05, 0.1) is 24.8 Å². The zero-order valence-electron chi connectivity index (χ0n) is 16.9. The Balaban J connectivity index is 1.63. The normalized spacial score (nSPS) is 20.3. The van der Waals surface area contributed by atoms with E-state index in [9.17, 15) is 22.8 Å². The summed E-state index contributed by atoms with van der Waals surface area (Å²) in [4.78, 5) is 30.5. The van der Waals surface area contributed by atoms with Gasteiger partial charge in [0.25, 0.3) is 5.91 Å². The molecule has 1 atom stereocenters. The largest absolute Gasteiger partial charge is 0.573 e. The third-order valence-corrected chi connectivity index (χ3v) is 5.40. The summed E-state index contributed by atoms with van der Waals surface area (Å²) in [5, 5.41) is 0. The van der Waals surface area contributed by atoms with Crippen molar-refractivity contribution in [3.63, 3.8) is 0 Å². The van der Waals surface area contributed by atoms with Crippen LogP contribution in [0.4, 0.5) is 13.2 Å². The Bertz CT molecular complexity index is 753. The number of carbonyl (C=O) groups excluding carboxylic acids is 2. The zero-order chi connectivity index (χ0) is 21.7. The van der Waals surface area contributed by atoms with Crippen LogP contribution in [0.1, 0.15) is 23.7 Å². The highest BCUT2D eigenvalue weighted by atomic mass is 19.4. The number of nitrogens with zero attached hydrogens (tertiary/aromatic N) is 3. The number of carbonyl (C=O) groups is 2. The van der Waals surface area contributed by atoms with Crippen molar-refractivity contribution in [2.24, 2.45) is 0 Å². The third kappa shape index (κ3) is 5.85. The van der Waals surface area contributed by atoms with Crippen LogP contribution in [-0.4, -0.2) is 91.4 Å². The van der Waals surface area contributed by atoms with Crippen molar-refractivity contribution in [3.05, 3.63) is 29.8 Å². The van der Waals surface area contributed by atoms with Crippen LogP contribution in [-0.2, 0) is 9.53 Å². The van der Waals surface area contributed by atoms with Crippen molar-refractivity contribution in [2.45, 2.75) is 25.7 Å². The Morgan fingerprint density at radius 3 is 2.57 bits per heavy atom. The fraction of sp³-hybridized carbons (Fsp3) is 0.600. The fourth-order valence-electron chi connectivity index (χ4n) is 3.88. The van der Waals surface area contributed by atoms with Crippen LogP contribution in [0.3, 0.4) is 0 Å². The summed E-state index contributed by atoms with van der Waals surface area (Å²) in [5.74, 6) is -1.13. The van der Waals surface area contributed by atoms with Crippen molar-refractivity contribution in [3.8, 4) is 5.75 Å². The molecule has 7 nitrogen and oxygen atoms in total. The molecule has 0 N–H and O–H groups in total. The van der Waals surface area contributed by atoms with E-state index in [2.05, 4.69) is 9.64 Å². The maximum atomic E-state index is 12.8. The molecule has 0 spiro atoms. The first-order valence-electron chi connectivity index (χ1n) is 9.96. The fourth-order valence-corrected chi connectivity index (χ4v) is 3.88. The number of morpholine rings is 1. The molecule has 0 aromatic heterocycles. The third-order valence-electron chi connectivity index (χ3n) is 5.40. The molecular formula is C20H26F3N3O4. The van der Waals surface area contributed by atoms with E-state index < -0.39 is 18.0 Å². The average molecular weight is 429 g/mol. The second kappa shape index (κ2) is 9.65. The number of alkyl halides is 3. The van der Waals surface area contributed by atoms with Gasteiger partial charge < -0.3 is 19.3 Å². The number of benzene rings is 1. The Morgan fingerprint density at radius 1 is 1.20 bits per heavy atom. The highest BCUT2D eigenvalue weighted by molar-refractivity contribution is 5.97. The predicted molar refractivity (Wildman–Crippen MR) is 102 cm³/mol. The Morgan fingerprint density at radius 2 is 1.90 bits per heavy atom. The maximum Gasteiger partial charge on any atom is 0.573 e. The lowest BCUT2D eigenvalue weighted by Gasteiger charge is -2.32. The second-order valence-corrected chi connectivity index (χ2v) is 7.40. The van der Waals surface area contributed by atoms with Crippen LogP contribution < -0.4 is 4.74 Å². The molecule has 2 heterocycles. The Labute approximate surface area is 173 Å². The standard InChI is InChI=1S/C20H26F3N3O4/c1-15(27)26(9-8-24-10-12-29-13-11-24)16-6-7-25(14-16)19(28)17-4-2-3-5-18(17)30-20(21,22)23/h2-5,16H,6-14H2,1H3. The summed E-state index contributed by atoms with van der Waals surface area (Å²) >= 11 is 0. The number of rotatable bonds is 6. The molecule has 2 aliphatic heterocycles. The average Bonchev–Trinajstić information content (AvgIpc) is 3.17. The van der Waals surface area contributed by atoms with Crippen molar-refractivity contribution in [2.75, 3.05) is 52.5 Å². The molecule has 10 heteroatoms. The van der Waals surface area contributed by atoms with Crippen molar-refractivity contribution in [1.82, 2.24) is 14.7 Å². The van der Waals surface area contributed by atoms with Crippen LogP contribution in [0.2, 0.25) is 0 Å². The van der Waals surface area contributed by atoms with Gasteiger partial charge in [0.1, 0.15) is 5.75 Å². The van der Waals surface area contributed by atoms with E-state index in [4.69, 9.17) is 4.74 Å². The Kier molecular flexibility index (Phi) is 7.19. The van der Waals surface area contributed by atoms with Gasteiger partial charge in [0, 0.05) is 46.2 Å². The number of ether oxygens (including phenoxy) is 2. The second-order valence-electron chi connectivity index (χ2n) is 7.40. The van der Waals surface area contributed by atoms with Gasteiger partial charge in [-0.1, -0.05) is 12.1 Å². The minimum Gasteiger partial charge on any atom is -0.405 e. The molecule has 3 rings (SSSR count). The monoisotopic (exact) mass is 429 g/mol.